The van der Waals surface area contributed by atoms with E-state index in [1.165, 1.54) is 44.9 Å². The van der Waals surface area contributed by atoms with Crippen LogP contribution in [0.1, 0.15) is 149 Å². The monoisotopic (exact) mass is 684 g/mol. The van der Waals surface area contributed by atoms with Crippen LogP contribution in [0.15, 0.2) is 48.6 Å². The van der Waals surface area contributed by atoms with Gasteiger partial charge in [0.15, 0.2) is 6.10 Å². The van der Waals surface area contributed by atoms with Crippen molar-refractivity contribution in [2.75, 3.05) is 13.2 Å². The number of esters is 2. The van der Waals surface area contributed by atoms with Crippen molar-refractivity contribution in [1.82, 2.24) is 0 Å². The van der Waals surface area contributed by atoms with Crippen molar-refractivity contribution in [1.29, 1.82) is 0 Å². The zero-order chi connectivity index (χ0) is 34.9. The predicted molar refractivity (Wildman–Crippen MR) is 190 cm³/mol. The lowest BCUT2D eigenvalue weighted by Crippen LogP contribution is -2.29. The maximum absolute atomic E-state index is 12.3. The van der Waals surface area contributed by atoms with E-state index in [0.29, 0.717) is 19.3 Å². The van der Waals surface area contributed by atoms with E-state index < -0.39 is 32.5 Å². The number of carbonyl (C=O) groups excluding carboxylic acids is 2. The fourth-order valence-corrected chi connectivity index (χ4v) is 5.07. The minimum Gasteiger partial charge on any atom is -0.462 e. The number of rotatable bonds is 32. The third-order valence-electron chi connectivity index (χ3n) is 7.45. The van der Waals surface area contributed by atoms with Gasteiger partial charge in [0.2, 0.25) is 0 Å². The highest BCUT2D eigenvalue weighted by Crippen LogP contribution is 2.35. The molecule has 10 heteroatoms. The molecule has 0 aliphatic carbocycles. The fourth-order valence-electron chi connectivity index (χ4n) is 4.71. The van der Waals surface area contributed by atoms with Crippen molar-refractivity contribution in [2.24, 2.45) is 0 Å². The van der Waals surface area contributed by atoms with Crippen LogP contribution in [-0.4, -0.2) is 52.3 Å². The molecule has 0 radical (unpaired) electrons. The van der Waals surface area contributed by atoms with Gasteiger partial charge in [0.05, 0.1) is 12.7 Å². The molecule has 0 heterocycles. The Morgan fingerprint density at radius 2 is 1.21 bits per heavy atom. The van der Waals surface area contributed by atoms with Crippen LogP contribution in [0.5, 0.6) is 0 Å². The van der Waals surface area contributed by atoms with Crippen LogP contribution in [0.25, 0.3) is 0 Å². The average Bonchev–Trinajstić information content (AvgIpc) is 3.03. The van der Waals surface area contributed by atoms with Gasteiger partial charge in [-0.05, 0) is 38.5 Å². The number of aliphatic hydroxyl groups is 1. The first-order chi connectivity index (χ1) is 22.7. The molecule has 0 saturated heterocycles. The van der Waals surface area contributed by atoms with Gasteiger partial charge in [-0.3, -0.25) is 14.1 Å². The van der Waals surface area contributed by atoms with Crippen LogP contribution >= 0.6 is 7.82 Å². The van der Waals surface area contributed by atoms with E-state index in [2.05, 4.69) is 30.5 Å². The molecule has 0 aromatic rings. The topological polar surface area (TPSA) is 140 Å². The first-order valence-corrected chi connectivity index (χ1v) is 19.6. The lowest BCUT2D eigenvalue weighted by Gasteiger charge is -2.18. The Morgan fingerprint density at radius 3 is 1.85 bits per heavy atom. The van der Waals surface area contributed by atoms with Crippen LogP contribution in [-0.2, 0) is 28.2 Å². The van der Waals surface area contributed by atoms with Crippen LogP contribution in [0.4, 0.5) is 0 Å². The molecule has 272 valence electrons. The van der Waals surface area contributed by atoms with E-state index in [9.17, 15) is 19.3 Å². The molecule has 0 aliphatic heterocycles. The summed E-state index contributed by atoms with van der Waals surface area (Å²) >= 11 is 0. The summed E-state index contributed by atoms with van der Waals surface area (Å²) in [6.07, 6.45) is 34.5. The number of allylic oxidation sites excluding steroid dienone is 7. The molecule has 0 aliphatic rings. The zero-order valence-corrected chi connectivity index (χ0v) is 30.2. The van der Waals surface area contributed by atoms with E-state index in [1.807, 2.05) is 36.5 Å². The molecule has 47 heavy (non-hydrogen) atoms. The second-order valence-electron chi connectivity index (χ2n) is 12.0. The predicted octanol–water partition coefficient (Wildman–Crippen LogP) is 9.37. The number of carbonyl (C=O) groups is 2. The Bertz CT molecular complexity index is 923. The number of phosphoric ester groups is 1. The summed E-state index contributed by atoms with van der Waals surface area (Å²) in [5.41, 5.74) is 0. The third-order valence-corrected chi connectivity index (χ3v) is 7.94. The molecule has 3 N–H and O–H groups in total. The molecule has 0 fully saturated rings. The summed E-state index contributed by atoms with van der Waals surface area (Å²) in [7, 11) is -4.77. The van der Waals surface area contributed by atoms with Gasteiger partial charge in [-0.1, -0.05) is 146 Å². The van der Waals surface area contributed by atoms with Gasteiger partial charge in [0.25, 0.3) is 0 Å². The van der Waals surface area contributed by atoms with Crippen LogP contribution < -0.4 is 0 Å². The summed E-state index contributed by atoms with van der Waals surface area (Å²) in [6.45, 7) is 3.48. The Balaban J connectivity index is 4.16. The Hall–Kier alpha value is -2.03. The summed E-state index contributed by atoms with van der Waals surface area (Å²) in [4.78, 5) is 42.6. The molecule has 0 bridgehead atoms. The highest BCUT2D eigenvalue weighted by atomic mass is 31.2. The van der Waals surface area contributed by atoms with Crippen molar-refractivity contribution in [3.63, 3.8) is 0 Å². The van der Waals surface area contributed by atoms with Gasteiger partial charge in [-0.25, -0.2) is 4.57 Å². The van der Waals surface area contributed by atoms with Crippen molar-refractivity contribution in [3.05, 3.63) is 48.6 Å². The standard InChI is InChI=1S/C37H65O9P/c1-3-5-7-8-9-10-12-16-19-22-26-30-36(39)44-32-35(33-45-47(41,42)43)46-37(40)31-27-23-20-17-14-11-13-15-18-21-25-29-34(38)28-24-6-4-2/h11,13,17-18,20-21,25,29,34-35,38H,3-10,12,14-16,19,22-24,26-28,30-33H2,1-2H3,(H2,41,42,43)/b13-11-,20-17-,21-18-,29-25+/t34-,35+/m0/s1. The lowest BCUT2D eigenvalue weighted by molar-refractivity contribution is -0.161. The van der Waals surface area contributed by atoms with Crippen LogP contribution in [0, 0.1) is 0 Å². The molecule has 0 saturated carbocycles. The molecular formula is C37H65O9P. The first kappa shape index (κ1) is 45.0. The van der Waals surface area contributed by atoms with Gasteiger partial charge >= 0.3 is 19.8 Å². The number of ether oxygens (including phenoxy) is 2. The van der Waals surface area contributed by atoms with Crippen molar-refractivity contribution in [2.45, 2.75) is 161 Å². The maximum atomic E-state index is 12.3. The second-order valence-corrected chi connectivity index (χ2v) is 13.3. The number of hydrogen-bond donors (Lipinski definition) is 3. The Morgan fingerprint density at radius 1 is 0.660 bits per heavy atom. The van der Waals surface area contributed by atoms with Gasteiger partial charge in [-0.15, -0.1) is 0 Å². The van der Waals surface area contributed by atoms with Crippen molar-refractivity contribution in [3.8, 4) is 0 Å². The number of aliphatic hydroxyl groups excluding tert-OH is 1. The first-order valence-electron chi connectivity index (χ1n) is 18.0. The third kappa shape index (κ3) is 35.1. The van der Waals surface area contributed by atoms with E-state index in [0.717, 1.165) is 57.8 Å². The van der Waals surface area contributed by atoms with Gasteiger partial charge in [0.1, 0.15) is 6.61 Å². The van der Waals surface area contributed by atoms with Crippen molar-refractivity contribution >= 4 is 19.8 Å². The summed E-state index contributed by atoms with van der Waals surface area (Å²) in [6, 6.07) is 0. The molecule has 0 rings (SSSR count). The fraction of sp³-hybridized carbons (Fsp3) is 0.730. The molecular weight excluding hydrogens is 619 g/mol. The van der Waals surface area contributed by atoms with Crippen molar-refractivity contribution < 1.29 is 43.0 Å². The van der Waals surface area contributed by atoms with Gasteiger partial charge < -0.3 is 24.4 Å². The van der Waals surface area contributed by atoms with Crippen LogP contribution in [0.2, 0.25) is 0 Å². The van der Waals surface area contributed by atoms with E-state index in [-0.39, 0.29) is 25.6 Å². The van der Waals surface area contributed by atoms with E-state index in [4.69, 9.17) is 19.3 Å². The maximum Gasteiger partial charge on any atom is 0.469 e. The molecule has 0 amide bonds. The summed E-state index contributed by atoms with van der Waals surface area (Å²) in [5.74, 6) is -0.980. The molecule has 0 aromatic heterocycles. The van der Waals surface area contributed by atoms with E-state index in [1.54, 1.807) is 0 Å². The largest absolute Gasteiger partial charge is 0.469 e. The Kier molecular flexibility index (Phi) is 31.1. The average molecular weight is 685 g/mol. The SMILES string of the molecule is CCCCCCCCCCCCCC(=O)OC[C@H](COP(=O)(O)O)OC(=O)CCC/C=C\C/C=C\C/C=C\C=C\[C@@H](O)CCCCC. The highest BCUT2D eigenvalue weighted by Gasteiger charge is 2.22. The Labute approximate surface area is 285 Å². The minimum atomic E-state index is -4.77. The molecule has 9 nitrogen and oxygen atoms in total. The lowest BCUT2D eigenvalue weighted by atomic mass is 10.1. The molecule has 2 atom stereocenters. The molecule has 0 unspecified atom stereocenters. The van der Waals surface area contributed by atoms with Gasteiger partial charge in [-0.2, -0.15) is 0 Å². The number of unbranched alkanes of at least 4 members (excludes halogenated alkanes) is 13. The molecule has 0 aromatic carbocycles. The van der Waals surface area contributed by atoms with Gasteiger partial charge in [0, 0.05) is 12.8 Å². The molecule has 0 spiro atoms. The minimum absolute atomic E-state index is 0.116. The quantitative estimate of drug-likeness (QED) is 0.0208. The number of hydrogen-bond acceptors (Lipinski definition) is 7. The smallest absolute Gasteiger partial charge is 0.462 e. The normalized spacial score (nSPS) is 13.7. The summed E-state index contributed by atoms with van der Waals surface area (Å²) < 4.78 is 26.2. The second kappa shape index (κ2) is 32.5. The summed E-state index contributed by atoms with van der Waals surface area (Å²) in [5, 5.41) is 9.85. The number of phosphoric acid groups is 1. The van der Waals surface area contributed by atoms with E-state index >= 15 is 0 Å². The zero-order valence-electron chi connectivity index (χ0n) is 29.3. The highest BCUT2D eigenvalue weighted by molar-refractivity contribution is 7.46. The van der Waals surface area contributed by atoms with Crippen LogP contribution in [0.3, 0.4) is 0 Å².